The average molecular weight is 235 g/mol. The highest BCUT2D eigenvalue weighted by molar-refractivity contribution is 5.07. The largest absolute Gasteiger partial charge is 0.473 e. The first-order valence-electron chi connectivity index (χ1n) is 6.35. The van der Waals surface area contributed by atoms with Crippen LogP contribution in [-0.4, -0.2) is 16.1 Å². The molecule has 94 valence electrons. The lowest BCUT2D eigenvalue weighted by molar-refractivity contribution is 0.0962. The van der Waals surface area contributed by atoms with Gasteiger partial charge in [-0.3, -0.25) is 4.98 Å². The first kappa shape index (κ1) is 12.3. The van der Waals surface area contributed by atoms with Gasteiger partial charge < -0.3 is 10.5 Å². The molecule has 4 nitrogen and oxygen atoms in total. The van der Waals surface area contributed by atoms with Gasteiger partial charge in [0.25, 0.3) is 0 Å². The summed E-state index contributed by atoms with van der Waals surface area (Å²) in [6, 6.07) is 0. The Morgan fingerprint density at radius 1 is 1.18 bits per heavy atom. The van der Waals surface area contributed by atoms with Gasteiger partial charge in [-0.2, -0.15) is 0 Å². The first-order valence-corrected chi connectivity index (χ1v) is 6.35. The molecule has 0 amide bonds. The van der Waals surface area contributed by atoms with Gasteiger partial charge in [0.1, 0.15) is 6.10 Å². The van der Waals surface area contributed by atoms with E-state index in [1.807, 2.05) is 0 Å². The molecule has 0 saturated heterocycles. The van der Waals surface area contributed by atoms with E-state index in [0.29, 0.717) is 12.4 Å². The molecule has 0 spiro atoms. The van der Waals surface area contributed by atoms with Crippen LogP contribution >= 0.6 is 0 Å². The molecule has 1 heterocycles. The predicted molar refractivity (Wildman–Crippen MR) is 66.5 cm³/mol. The molecule has 17 heavy (non-hydrogen) atoms. The van der Waals surface area contributed by atoms with E-state index in [4.69, 9.17) is 10.5 Å². The lowest BCUT2D eigenvalue weighted by Crippen LogP contribution is -2.28. The zero-order valence-electron chi connectivity index (χ0n) is 10.6. The highest BCUT2D eigenvalue weighted by Gasteiger charge is 2.25. The van der Waals surface area contributed by atoms with Gasteiger partial charge in [0, 0.05) is 6.54 Å². The van der Waals surface area contributed by atoms with Crippen LogP contribution in [0.1, 0.15) is 38.8 Å². The van der Waals surface area contributed by atoms with E-state index in [1.54, 1.807) is 12.4 Å². The lowest BCUT2D eigenvalue weighted by Gasteiger charge is -2.31. The Morgan fingerprint density at radius 3 is 2.41 bits per heavy atom. The second-order valence-corrected chi connectivity index (χ2v) is 5.21. The smallest absolute Gasteiger partial charge is 0.232 e. The van der Waals surface area contributed by atoms with Crippen molar-refractivity contribution >= 4 is 0 Å². The number of hydrogen-bond donors (Lipinski definition) is 1. The molecule has 4 heteroatoms. The summed E-state index contributed by atoms with van der Waals surface area (Å²) in [7, 11) is 0. The minimum Gasteiger partial charge on any atom is -0.473 e. The summed E-state index contributed by atoms with van der Waals surface area (Å²) in [4.78, 5) is 8.42. The van der Waals surface area contributed by atoms with Crippen LogP contribution in [-0.2, 0) is 6.54 Å². The van der Waals surface area contributed by atoms with Gasteiger partial charge in [-0.1, -0.05) is 13.8 Å². The fourth-order valence-corrected chi connectivity index (χ4v) is 2.65. The van der Waals surface area contributed by atoms with Crippen LogP contribution in [0.2, 0.25) is 0 Å². The third kappa shape index (κ3) is 3.40. The molecule has 1 fully saturated rings. The quantitative estimate of drug-likeness (QED) is 0.872. The van der Waals surface area contributed by atoms with E-state index in [0.717, 1.165) is 30.4 Å². The standard InChI is InChI=1S/C13H21N3O/c1-9-3-10(2)5-12(4-9)17-13-8-15-11(6-14)7-16-13/h7-10,12H,3-6,14H2,1-2H3. The summed E-state index contributed by atoms with van der Waals surface area (Å²) in [5.41, 5.74) is 6.27. The summed E-state index contributed by atoms with van der Waals surface area (Å²) < 4.78 is 5.88. The van der Waals surface area contributed by atoms with E-state index in [-0.39, 0.29) is 6.10 Å². The second-order valence-electron chi connectivity index (χ2n) is 5.21. The van der Waals surface area contributed by atoms with Crippen LogP contribution in [0.5, 0.6) is 5.88 Å². The van der Waals surface area contributed by atoms with Crippen molar-refractivity contribution < 1.29 is 4.74 Å². The SMILES string of the molecule is CC1CC(C)CC(Oc2cnc(CN)cn2)C1. The van der Waals surface area contributed by atoms with Gasteiger partial charge in [-0.05, 0) is 31.1 Å². The highest BCUT2D eigenvalue weighted by atomic mass is 16.5. The molecule has 2 N–H and O–H groups in total. The van der Waals surface area contributed by atoms with E-state index in [1.165, 1.54) is 6.42 Å². The molecular formula is C13H21N3O. The molecule has 1 aliphatic carbocycles. The van der Waals surface area contributed by atoms with Crippen LogP contribution in [0.4, 0.5) is 0 Å². The summed E-state index contributed by atoms with van der Waals surface area (Å²) in [5, 5.41) is 0. The van der Waals surface area contributed by atoms with E-state index in [9.17, 15) is 0 Å². The third-order valence-electron chi connectivity index (χ3n) is 3.31. The van der Waals surface area contributed by atoms with Crippen molar-refractivity contribution in [2.45, 2.75) is 45.8 Å². The van der Waals surface area contributed by atoms with E-state index < -0.39 is 0 Å². The third-order valence-corrected chi connectivity index (χ3v) is 3.31. The number of hydrogen-bond acceptors (Lipinski definition) is 4. The molecule has 1 aromatic rings. The summed E-state index contributed by atoms with van der Waals surface area (Å²) in [6.45, 7) is 5.00. The Morgan fingerprint density at radius 2 is 1.88 bits per heavy atom. The molecule has 0 bridgehead atoms. The Kier molecular flexibility index (Phi) is 3.94. The van der Waals surface area contributed by atoms with Crippen molar-refractivity contribution in [1.82, 2.24) is 9.97 Å². The minimum absolute atomic E-state index is 0.284. The van der Waals surface area contributed by atoms with Gasteiger partial charge in [-0.25, -0.2) is 4.98 Å². The van der Waals surface area contributed by atoms with Crippen LogP contribution in [0, 0.1) is 11.8 Å². The maximum absolute atomic E-state index is 5.88. The van der Waals surface area contributed by atoms with E-state index >= 15 is 0 Å². The Hall–Kier alpha value is -1.16. The number of ether oxygens (including phenoxy) is 1. The number of nitrogens with zero attached hydrogens (tertiary/aromatic N) is 2. The topological polar surface area (TPSA) is 61.0 Å². The molecule has 0 radical (unpaired) electrons. The van der Waals surface area contributed by atoms with Crippen molar-refractivity contribution in [3.05, 3.63) is 18.1 Å². The van der Waals surface area contributed by atoms with Gasteiger partial charge >= 0.3 is 0 Å². The van der Waals surface area contributed by atoms with Crippen molar-refractivity contribution in [1.29, 1.82) is 0 Å². The minimum atomic E-state index is 0.284. The van der Waals surface area contributed by atoms with Crippen molar-refractivity contribution in [2.24, 2.45) is 17.6 Å². The van der Waals surface area contributed by atoms with Gasteiger partial charge in [0.2, 0.25) is 5.88 Å². The fourth-order valence-electron chi connectivity index (χ4n) is 2.65. The summed E-state index contributed by atoms with van der Waals surface area (Å²) in [5.74, 6) is 2.09. The molecule has 1 saturated carbocycles. The molecule has 0 aromatic carbocycles. The Balaban J connectivity index is 1.95. The van der Waals surface area contributed by atoms with Crippen LogP contribution < -0.4 is 10.5 Å². The zero-order valence-corrected chi connectivity index (χ0v) is 10.6. The Labute approximate surface area is 103 Å². The highest BCUT2D eigenvalue weighted by Crippen LogP contribution is 2.30. The van der Waals surface area contributed by atoms with Crippen molar-refractivity contribution in [2.75, 3.05) is 0 Å². The maximum Gasteiger partial charge on any atom is 0.232 e. The molecule has 0 aliphatic heterocycles. The van der Waals surface area contributed by atoms with Gasteiger partial charge in [0.05, 0.1) is 18.1 Å². The molecule has 2 unspecified atom stereocenters. The normalized spacial score (nSPS) is 29.0. The van der Waals surface area contributed by atoms with Crippen LogP contribution in [0.3, 0.4) is 0 Å². The Bertz CT molecular complexity index is 342. The molecule has 1 aliphatic rings. The molecule has 2 atom stereocenters. The zero-order chi connectivity index (χ0) is 12.3. The summed E-state index contributed by atoms with van der Waals surface area (Å²) in [6.07, 6.45) is 7.18. The van der Waals surface area contributed by atoms with Crippen molar-refractivity contribution in [3.63, 3.8) is 0 Å². The fraction of sp³-hybridized carbons (Fsp3) is 0.692. The lowest BCUT2D eigenvalue weighted by atomic mass is 9.82. The van der Waals surface area contributed by atoms with E-state index in [2.05, 4.69) is 23.8 Å². The maximum atomic E-state index is 5.88. The van der Waals surface area contributed by atoms with Gasteiger partial charge in [0.15, 0.2) is 0 Å². The molecule has 2 rings (SSSR count). The van der Waals surface area contributed by atoms with Crippen molar-refractivity contribution in [3.8, 4) is 5.88 Å². The predicted octanol–water partition coefficient (Wildman–Crippen LogP) is 2.14. The number of aromatic nitrogens is 2. The van der Waals surface area contributed by atoms with Crippen LogP contribution in [0.25, 0.3) is 0 Å². The monoisotopic (exact) mass is 235 g/mol. The number of rotatable bonds is 3. The second kappa shape index (κ2) is 5.45. The number of nitrogens with two attached hydrogens (primary N) is 1. The summed E-state index contributed by atoms with van der Waals surface area (Å²) >= 11 is 0. The molecular weight excluding hydrogens is 214 g/mol. The van der Waals surface area contributed by atoms with Crippen LogP contribution in [0.15, 0.2) is 12.4 Å². The average Bonchev–Trinajstić information content (AvgIpc) is 2.28. The first-order chi connectivity index (χ1) is 8.17. The molecule has 1 aromatic heterocycles. The van der Waals surface area contributed by atoms with Gasteiger partial charge in [-0.15, -0.1) is 0 Å².